The topological polar surface area (TPSA) is 88.1 Å². The summed E-state index contributed by atoms with van der Waals surface area (Å²) in [7, 11) is 1.16. The van der Waals surface area contributed by atoms with Crippen molar-refractivity contribution in [2.45, 2.75) is 32.8 Å². The second-order valence-corrected chi connectivity index (χ2v) is 4.04. The second-order valence-electron chi connectivity index (χ2n) is 4.04. The molecule has 0 aromatic carbocycles. The van der Waals surface area contributed by atoms with E-state index in [9.17, 15) is 14.4 Å². The van der Waals surface area contributed by atoms with Crippen LogP contribution in [0, 0.1) is 0 Å². The average molecular weight is 302 g/mol. The third kappa shape index (κ3) is 6.40. The summed E-state index contributed by atoms with van der Waals surface area (Å²) < 4.78 is 19.3. The van der Waals surface area contributed by atoms with Crippen LogP contribution in [0.2, 0.25) is 0 Å². The minimum absolute atomic E-state index is 0.0420. The number of carbonyl (C=O) groups is 3. The lowest BCUT2D eigenvalue weighted by atomic mass is 10.1. The lowest BCUT2D eigenvalue weighted by molar-refractivity contribution is -0.186. The summed E-state index contributed by atoms with van der Waals surface area (Å²) in [4.78, 5) is 34.5. The first-order valence-corrected chi connectivity index (χ1v) is 6.65. The fraction of sp³-hybridized carbons (Fsp3) is 0.643. The number of methoxy groups -OCH3 is 1. The lowest BCUT2D eigenvalue weighted by Gasteiger charge is -2.24. The summed E-state index contributed by atoms with van der Waals surface area (Å²) in [6.07, 6.45) is 3.11. The van der Waals surface area contributed by atoms with Gasteiger partial charge in [-0.1, -0.05) is 6.08 Å². The van der Waals surface area contributed by atoms with Gasteiger partial charge in [0.15, 0.2) is 0 Å². The molecule has 1 unspecified atom stereocenters. The standard InChI is InChI=1S/C14H22O7/c1-5-19-11(15)9-7-8-10-21-14(3,12(16)18-4)13(17)20-6-2/h7,9H,5-6,8,10H2,1-4H3/b9-7+. The molecule has 0 bridgehead atoms. The maximum Gasteiger partial charge on any atom is 0.349 e. The van der Waals surface area contributed by atoms with Crippen molar-refractivity contribution in [3.8, 4) is 0 Å². The molecule has 0 fully saturated rings. The number of hydrogen-bond acceptors (Lipinski definition) is 7. The summed E-state index contributed by atoms with van der Waals surface area (Å²) in [5.41, 5.74) is -1.82. The molecule has 7 heteroatoms. The van der Waals surface area contributed by atoms with Gasteiger partial charge in [-0.3, -0.25) is 0 Å². The van der Waals surface area contributed by atoms with Crippen LogP contribution >= 0.6 is 0 Å². The fourth-order valence-corrected chi connectivity index (χ4v) is 1.37. The summed E-state index contributed by atoms with van der Waals surface area (Å²) in [5.74, 6) is -2.11. The Kier molecular flexibility index (Phi) is 9.03. The SMILES string of the molecule is CCOC(=O)/C=C/CCOC(C)(C(=O)OC)C(=O)OCC. The van der Waals surface area contributed by atoms with Crippen LogP contribution in [0.15, 0.2) is 12.2 Å². The Bertz CT molecular complexity index is 389. The number of hydrogen-bond donors (Lipinski definition) is 0. The van der Waals surface area contributed by atoms with Crippen LogP contribution in [0.5, 0.6) is 0 Å². The van der Waals surface area contributed by atoms with E-state index in [-0.39, 0.29) is 13.2 Å². The van der Waals surface area contributed by atoms with Crippen LogP contribution in [0.4, 0.5) is 0 Å². The molecule has 0 aliphatic carbocycles. The van der Waals surface area contributed by atoms with Crippen molar-refractivity contribution < 1.29 is 33.3 Å². The van der Waals surface area contributed by atoms with E-state index in [1.807, 2.05) is 0 Å². The zero-order chi connectivity index (χ0) is 16.3. The number of rotatable bonds is 9. The molecule has 21 heavy (non-hydrogen) atoms. The normalized spacial score (nSPS) is 13.5. The molecule has 0 saturated heterocycles. The minimum Gasteiger partial charge on any atom is -0.466 e. The van der Waals surface area contributed by atoms with Gasteiger partial charge in [-0.05, 0) is 27.2 Å². The highest BCUT2D eigenvalue weighted by Gasteiger charge is 2.45. The van der Waals surface area contributed by atoms with E-state index in [0.717, 1.165) is 7.11 Å². The van der Waals surface area contributed by atoms with Gasteiger partial charge in [0.05, 0.1) is 26.9 Å². The molecule has 0 amide bonds. The summed E-state index contributed by atoms with van der Waals surface area (Å²) in [6, 6.07) is 0. The highest BCUT2D eigenvalue weighted by atomic mass is 16.6. The van der Waals surface area contributed by atoms with Crippen molar-refractivity contribution in [3.05, 3.63) is 12.2 Å². The van der Waals surface area contributed by atoms with Crippen molar-refractivity contribution in [1.82, 2.24) is 0 Å². The Balaban J connectivity index is 4.48. The molecule has 0 aromatic heterocycles. The number of esters is 3. The molecule has 1 atom stereocenters. The highest BCUT2D eigenvalue weighted by molar-refractivity contribution is 6.03. The van der Waals surface area contributed by atoms with E-state index >= 15 is 0 Å². The predicted octanol–water partition coefficient (Wildman–Crippen LogP) is 1.01. The molecule has 0 rings (SSSR count). The van der Waals surface area contributed by atoms with Gasteiger partial charge in [-0.15, -0.1) is 0 Å². The van der Waals surface area contributed by atoms with Gasteiger partial charge in [0, 0.05) is 6.08 Å². The smallest absolute Gasteiger partial charge is 0.349 e. The number of carbonyl (C=O) groups excluding carboxylic acids is 3. The zero-order valence-corrected chi connectivity index (χ0v) is 12.8. The van der Waals surface area contributed by atoms with Crippen LogP contribution in [0.25, 0.3) is 0 Å². The summed E-state index contributed by atoms with van der Waals surface area (Å²) in [5, 5.41) is 0. The van der Waals surface area contributed by atoms with Crippen LogP contribution in [0.3, 0.4) is 0 Å². The van der Waals surface area contributed by atoms with Gasteiger partial charge < -0.3 is 18.9 Å². The first kappa shape index (κ1) is 19.1. The van der Waals surface area contributed by atoms with Gasteiger partial charge in [0.25, 0.3) is 5.60 Å². The first-order chi connectivity index (χ1) is 9.92. The van der Waals surface area contributed by atoms with E-state index < -0.39 is 23.5 Å². The summed E-state index contributed by atoms with van der Waals surface area (Å²) >= 11 is 0. The molecule has 0 heterocycles. The molecule has 0 radical (unpaired) electrons. The Morgan fingerprint density at radius 2 is 1.67 bits per heavy atom. The Morgan fingerprint density at radius 3 is 2.19 bits per heavy atom. The van der Waals surface area contributed by atoms with Crippen molar-refractivity contribution in [3.63, 3.8) is 0 Å². The van der Waals surface area contributed by atoms with Crippen molar-refractivity contribution in [1.29, 1.82) is 0 Å². The largest absolute Gasteiger partial charge is 0.466 e. The monoisotopic (exact) mass is 302 g/mol. The molecule has 0 aliphatic rings. The maximum absolute atomic E-state index is 11.8. The van der Waals surface area contributed by atoms with Gasteiger partial charge in [0.1, 0.15) is 0 Å². The van der Waals surface area contributed by atoms with Gasteiger partial charge in [-0.25, -0.2) is 14.4 Å². The molecule has 0 spiro atoms. The zero-order valence-electron chi connectivity index (χ0n) is 12.8. The Labute approximate surface area is 124 Å². The van der Waals surface area contributed by atoms with Crippen LogP contribution in [-0.4, -0.2) is 50.4 Å². The van der Waals surface area contributed by atoms with E-state index in [2.05, 4.69) is 4.74 Å². The van der Waals surface area contributed by atoms with Crippen molar-refractivity contribution >= 4 is 17.9 Å². The average Bonchev–Trinajstić information content (AvgIpc) is 2.46. The molecule has 0 saturated carbocycles. The van der Waals surface area contributed by atoms with E-state index in [4.69, 9.17) is 14.2 Å². The third-order valence-corrected chi connectivity index (χ3v) is 2.46. The van der Waals surface area contributed by atoms with Gasteiger partial charge >= 0.3 is 17.9 Å². The van der Waals surface area contributed by atoms with E-state index in [1.165, 1.54) is 19.1 Å². The summed E-state index contributed by atoms with van der Waals surface area (Å²) in [6.45, 7) is 5.07. The van der Waals surface area contributed by atoms with Crippen LogP contribution in [-0.2, 0) is 33.3 Å². The first-order valence-electron chi connectivity index (χ1n) is 6.65. The van der Waals surface area contributed by atoms with Gasteiger partial charge in [0.2, 0.25) is 0 Å². The Morgan fingerprint density at radius 1 is 1.05 bits per heavy atom. The predicted molar refractivity (Wildman–Crippen MR) is 73.4 cm³/mol. The molecule has 0 N–H and O–H groups in total. The van der Waals surface area contributed by atoms with Crippen LogP contribution < -0.4 is 0 Å². The third-order valence-electron chi connectivity index (χ3n) is 2.46. The van der Waals surface area contributed by atoms with Crippen molar-refractivity contribution in [2.75, 3.05) is 26.9 Å². The molecule has 120 valence electrons. The fourth-order valence-electron chi connectivity index (χ4n) is 1.37. The second kappa shape index (κ2) is 9.93. The minimum atomic E-state index is -1.82. The molecule has 0 aliphatic heterocycles. The van der Waals surface area contributed by atoms with Crippen molar-refractivity contribution in [2.24, 2.45) is 0 Å². The molecular weight excluding hydrogens is 280 g/mol. The van der Waals surface area contributed by atoms with E-state index in [0.29, 0.717) is 13.0 Å². The highest BCUT2D eigenvalue weighted by Crippen LogP contribution is 2.15. The lowest BCUT2D eigenvalue weighted by Crippen LogP contribution is -2.48. The molecular formula is C14H22O7. The Hall–Kier alpha value is -1.89. The number of ether oxygens (including phenoxy) is 4. The quantitative estimate of drug-likeness (QED) is 0.206. The van der Waals surface area contributed by atoms with Gasteiger partial charge in [-0.2, -0.15) is 0 Å². The molecule has 7 nitrogen and oxygen atoms in total. The van der Waals surface area contributed by atoms with E-state index in [1.54, 1.807) is 13.8 Å². The van der Waals surface area contributed by atoms with Crippen LogP contribution in [0.1, 0.15) is 27.2 Å². The molecule has 0 aromatic rings. The maximum atomic E-state index is 11.8.